The van der Waals surface area contributed by atoms with Crippen molar-refractivity contribution in [3.05, 3.63) is 59.7 Å². The SMILES string of the molecule is CC1(C)O[C@@H]2[C@@H]([C@@H](O)CO)N(C(=O)OCC3c4ccccc4-c4ccccc43)C[C@@H]2O1. The minimum absolute atomic E-state index is 0.0499. The van der Waals surface area contributed by atoms with Crippen LogP contribution in [-0.2, 0) is 14.2 Å². The third-order valence-electron chi connectivity index (χ3n) is 6.45. The van der Waals surface area contributed by atoms with E-state index in [0.717, 1.165) is 22.3 Å². The molecule has 1 aliphatic carbocycles. The number of carbonyl (C=O) groups is 1. The molecule has 2 aliphatic heterocycles. The highest BCUT2D eigenvalue weighted by Gasteiger charge is 2.56. The maximum atomic E-state index is 13.0. The second-order valence-electron chi connectivity index (χ2n) is 8.84. The molecule has 31 heavy (non-hydrogen) atoms. The van der Waals surface area contributed by atoms with Crippen molar-refractivity contribution in [2.24, 2.45) is 0 Å². The van der Waals surface area contributed by atoms with E-state index in [1.54, 1.807) is 13.8 Å². The van der Waals surface area contributed by atoms with Gasteiger partial charge in [0.1, 0.15) is 24.9 Å². The molecular formula is C24H27NO6. The highest BCUT2D eigenvalue weighted by atomic mass is 16.8. The Morgan fingerprint density at radius 1 is 1.13 bits per heavy atom. The van der Waals surface area contributed by atoms with E-state index in [-0.39, 0.29) is 25.2 Å². The average Bonchev–Trinajstić information content (AvgIpc) is 3.37. The molecule has 2 aromatic carbocycles. The van der Waals surface area contributed by atoms with Gasteiger partial charge >= 0.3 is 6.09 Å². The molecule has 0 radical (unpaired) electrons. The van der Waals surface area contributed by atoms with Gasteiger partial charge in [-0.05, 0) is 36.1 Å². The molecular weight excluding hydrogens is 398 g/mol. The van der Waals surface area contributed by atoms with Crippen molar-refractivity contribution in [1.82, 2.24) is 4.90 Å². The molecule has 7 nitrogen and oxygen atoms in total. The number of rotatable bonds is 4. The van der Waals surface area contributed by atoms with E-state index in [2.05, 4.69) is 24.3 Å². The predicted octanol–water partition coefficient (Wildman–Crippen LogP) is 2.49. The molecule has 0 saturated carbocycles. The molecule has 0 spiro atoms. The Hall–Kier alpha value is -2.45. The van der Waals surface area contributed by atoms with Crippen LogP contribution in [0, 0.1) is 0 Å². The van der Waals surface area contributed by atoms with E-state index in [1.807, 2.05) is 24.3 Å². The molecule has 5 rings (SSSR count). The Labute approximate surface area is 181 Å². The summed E-state index contributed by atoms with van der Waals surface area (Å²) in [7, 11) is 0. The van der Waals surface area contributed by atoms with E-state index >= 15 is 0 Å². The maximum absolute atomic E-state index is 13.0. The van der Waals surface area contributed by atoms with Gasteiger partial charge in [0.15, 0.2) is 5.79 Å². The number of aliphatic hydroxyl groups excluding tert-OH is 2. The van der Waals surface area contributed by atoms with Crippen LogP contribution in [0.5, 0.6) is 0 Å². The fourth-order valence-electron chi connectivity index (χ4n) is 5.19. The lowest BCUT2D eigenvalue weighted by Gasteiger charge is -2.31. The highest BCUT2D eigenvalue weighted by molar-refractivity contribution is 5.79. The van der Waals surface area contributed by atoms with Gasteiger partial charge in [-0.15, -0.1) is 0 Å². The monoisotopic (exact) mass is 425 g/mol. The molecule has 4 atom stereocenters. The number of hydrogen-bond acceptors (Lipinski definition) is 6. The fourth-order valence-corrected chi connectivity index (χ4v) is 5.19. The Balaban J connectivity index is 1.34. The van der Waals surface area contributed by atoms with Crippen molar-refractivity contribution in [2.75, 3.05) is 19.8 Å². The van der Waals surface area contributed by atoms with Crippen LogP contribution < -0.4 is 0 Å². The minimum atomic E-state index is -1.15. The van der Waals surface area contributed by atoms with Crippen LogP contribution in [0.15, 0.2) is 48.5 Å². The third-order valence-corrected chi connectivity index (χ3v) is 6.45. The van der Waals surface area contributed by atoms with Crippen LogP contribution in [0.1, 0.15) is 30.9 Å². The normalized spacial score (nSPS) is 27.0. The number of fused-ring (bicyclic) bond motifs is 4. The second-order valence-corrected chi connectivity index (χ2v) is 8.84. The summed E-state index contributed by atoms with van der Waals surface area (Å²) in [6, 6.07) is 15.6. The summed E-state index contributed by atoms with van der Waals surface area (Å²) in [6.45, 7) is 3.54. The van der Waals surface area contributed by atoms with Crippen LogP contribution >= 0.6 is 0 Å². The number of nitrogens with zero attached hydrogens (tertiary/aromatic N) is 1. The smallest absolute Gasteiger partial charge is 0.410 e. The molecule has 2 N–H and O–H groups in total. The van der Waals surface area contributed by atoms with E-state index in [0.29, 0.717) is 0 Å². The van der Waals surface area contributed by atoms with Gasteiger partial charge < -0.3 is 24.4 Å². The molecule has 1 amide bonds. The van der Waals surface area contributed by atoms with Gasteiger partial charge in [-0.3, -0.25) is 4.90 Å². The molecule has 164 valence electrons. The summed E-state index contributed by atoms with van der Waals surface area (Å²) >= 11 is 0. The van der Waals surface area contributed by atoms with Crippen molar-refractivity contribution < 1.29 is 29.2 Å². The lowest BCUT2D eigenvalue weighted by Crippen LogP contribution is -2.50. The third kappa shape index (κ3) is 3.42. The fraction of sp³-hybridized carbons (Fsp3) is 0.458. The molecule has 0 aromatic heterocycles. The lowest BCUT2D eigenvalue weighted by molar-refractivity contribution is -0.166. The topological polar surface area (TPSA) is 88.5 Å². The molecule has 3 aliphatic rings. The number of benzene rings is 2. The largest absolute Gasteiger partial charge is 0.448 e. The summed E-state index contributed by atoms with van der Waals surface area (Å²) in [5, 5.41) is 19.9. The Kier molecular flexibility index (Phi) is 5.01. The Morgan fingerprint density at radius 3 is 2.35 bits per heavy atom. The van der Waals surface area contributed by atoms with Gasteiger partial charge in [0.2, 0.25) is 0 Å². The molecule has 2 aromatic rings. The van der Waals surface area contributed by atoms with Crippen molar-refractivity contribution in [3.8, 4) is 11.1 Å². The number of amides is 1. The zero-order valence-corrected chi connectivity index (χ0v) is 17.6. The van der Waals surface area contributed by atoms with Crippen LogP contribution in [-0.4, -0.2) is 71.1 Å². The second kappa shape index (κ2) is 7.60. The lowest BCUT2D eigenvalue weighted by atomic mass is 9.98. The van der Waals surface area contributed by atoms with E-state index in [1.165, 1.54) is 4.90 Å². The molecule has 2 heterocycles. The van der Waals surface area contributed by atoms with Gasteiger partial charge in [-0.2, -0.15) is 0 Å². The van der Waals surface area contributed by atoms with Crippen molar-refractivity contribution >= 4 is 6.09 Å². The van der Waals surface area contributed by atoms with Crippen LogP contribution in [0.3, 0.4) is 0 Å². The molecule has 0 bridgehead atoms. The standard InChI is InChI=1S/C24H27NO6/c1-24(2)30-20-11-25(21(19(27)12-26)22(20)31-24)23(28)29-13-18-16-9-5-3-7-14(16)15-8-4-6-10-17(15)18/h3-10,18-22,26-27H,11-13H2,1-2H3/t19-,20-,21+,22-/m0/s1. The number of carbonyl (C=O) groups excluding carboxylic acids is 1. The van der Waals surface area contributed by atoms with Gasteiger partial charge in [-0.1, -0.05) is 48.5 Å². The van der Waals surface area contributed by atoms with Crippen molar-refractivity contribution in [1.29, 1.82) is 0 Å². The maximum Gasteiger partial charge on any atom is 0.410 e. The van der Waals surface area contributed by atoms with Crippen LogP contribution in [0.4, 0.5) is 4.79 Å². The number of likely N-dealkylation sites (tertiary alicyclic amines) is 1. The molecule has 2 fully saturated rings. The molecule has 7 heteroatoms. The number of ether oxygens (including phenoxy) is 3. The van der Waals surface area contributed by atoms with Gasteiger partial charge in [0.25, 0.3) is 0 Å². The van der Waals surface area contributed by atoms with E-state index < -0.39 is 36.7 Å². The molecule has 0 unspecified atom stereocenters. The zero-order valence-electron chi connectivity index (χ0n) is 17.6. The van der Waals surface area contributed by atoms with Gasteiger partial charge in [-0.25, -0.2) is 4.79 Å². The van der Waals surface area contributed by atoms with Crippen molar-refractivity contribution in [2.45, 2.75) is 49.9 Å². The summed E-state index contributed by atoms with van der Waals surface area (Å²) in [5.74, 6) is -0.846. The Morgan fingerprint density at radius 2 is 1.74 bits per heavy atom. The van der Waals surface area contributed by atoms with Gasteiger partial charge in [0.05, 0.1) is 19.2 Å². The predicted molar refractivity (Wildman–Crippen MR) is 112 cm³/mol. The quantitative estimate of drug-likeness (QED) is 0.783. The minimum Gasteiger partial charge on any atom is -0.448 e. The number of hydrogen-bond donors (Lipinski definition) is 2. The van der Waals surface area contributed by atoms with Crippen LogP contribution in [0.25, 0.3) is 11.1 Å². The van der Waals surface area contributed by atoms with E-state index in [4.69, 9.17) is 14.2 Å². The Bertz CT molecular complexity index is 946. The average molecular weight is 425 g/mol. The van der Waals surface area contributed by atoms with E-state index in [9.17, 15) is 15.0 Å². The first-order chi connectivity index (χ1) is 14.9. The summed E-state index contributed by atoms with van der Waals surface area (Å²) in [4.78, 5) is 14.5. The highest BCUT2D eigenvalue weighted by Crippen LogP contribution is 2.45. The molecule has 2 saturated heterocycles. The first kappa shape index (κ1) is 20.5. The summed E-state index contributed by atoms with van der Waals surface area (Å²) < 4.78 is 17.6. The summed E-state index contributed by atoms with van der Waals surface area (Å²) in [5.41, 5.74) is 4.59. The van der Waals surface area contributed by atoms with Crippen molar-refractivity contribution in [3.63, 3.8) is 0 Å². The van der Waals surface area contributed by atoms with Crippen LogP contribution in [0.2, 0.25) is 0 Å². The first-order valence-corrected chi connectivity index (χ1v) is 10.7. The summed E-state index contributed by atoms with van der Waals surface area (Å²) in [6.07, 6.45) is -2.58. The first-order valence-electron chi connectivity index (χ1n) is 10.7. The number of aliphatic hydroxyl groups is 2. The van der Waals surface area contributed by atoms with Gasteiger partial charge in [0, 0.05) is 5.92 Å². The zero-order chi connectivity index (χ0) is 21.8.